The number of benzene rings is 3. The summed E-state index contributed by atoms with van der Waals surface area (Å²) >= 11 is 12.0. The lowest BCUT2D eigenvalue weighted by molar-refractivity contribution is 0.0955. The molecule has 5 heteroatoms. The molecule has 3 aromatic rings. The lowest BCUT2D eigenvalue weighted by atomic mass is 10.0. The normalized spacial score (nSPS) is 10.8. The summed E-state index contributed by atoms with van der Waals surface area (Å²) in [5, 5.41) is 4.77. The Labute approximate surface area is 155 Å². The number of halogens is 2. The maximum atomic E-state index is 12.2. The topological polar surface area (TPSA) is 41.5 Å². The molecule has 0 unspecified atom stereocenters. The van der Waals surface area contributed by atoms with Gasteiger partial charge in [0.1, 0.15) is 0 Å². The fraction of sp³-hybridized carbons (Fsp3) is 0. The van der Waals surface area contributed by atoms with Gasteiger partial charge in [-0.3, -0.25) is 4.79 Å². The number of nitrogens with one attached hydrogen (secondary N) is 1. The Bertz CT molecular complexity index is 907. The van der Waals surface area contributed by atoms with Crippen LogP contribution in [0.2, 0.25) is 10.0 Å². The maximum absolute atomic E-state index is 12.2. The van der Waals surface area contributed by atoms with Gasteiger partial charge in [-0.2, -0.15) is 5.10 Å². The SMILES string of the molecule is O=C(N/N=C/c1cccc(Cl)c1Cl)c1ccc(-c2ccccc2)cc1. The minimum Gasteiger partial charge on any atom is -0.267 e. The molecular weight excluding hydrogens is 355 g/mol. The molecule has 0 aliphatic carbocycles. The van der Waals surface area contributed by atoms with Gasteiger partial charge in [0.05, 0.1) is 16.3 Å². The second kappa shape index (κ2) is 7.97. The fourth-order valence-corrected chi connectivity index (χ4v) is 2.65. The van der Waals surface area contributed by atoms with Gasteiger partial charge < -0.3 is 0 Å². The zero-order chi connectivity index (χ0) is 17.6. The van der Waals surface area contributed by atoms with Crippen LogP contribution in [-0.4, -0.2) is 12.1 Å². The van der Waals surface area contributed by atoms with E-state index >= 15 is 0 Å². The van der Waals surface area contributed by atoms with E-state index in [1.165, 1.54) is 6.21 Å². The summed E-state index contributed by atoms with van der Waals surface area (Å²) in [6.07, 6.45) is 1.46. The molecule has 3 aromatic carbocycles. The molecule has 25 heavy (non-hydrogen) atoms. The second-order valence-corrected chi connectivity index (χ2v) is 6.07. The van der Waals surface area contributed by atoms with E-state index in [9.17, 15) is 4.79 Å². The summed E-state index contributed by atoms with van der Waals surface area (Å²) in [4.78, 5) is 12.2. The highest BCUT2D eigenvalue weighted by molar-refractivity contribution is 6.43. The molecule has 0 aromatic heterocycles. The first-order valence-electron chi connectivity index (χ1n) is 7.58. The second-order valence-electron chi connectivity index (χ2n) is 5.29. The summed E-state index contributed by atoms with van der Waals surface area (Å²) in [5.41, 5.74) is 5.79. The van der Waals surface area contributed by atoms with Crippen molar-refractivity contribution in [2.75, 3.05) is 0 Å². The Morgan fingerprint density at radius 3 is 2.24 bits per heavy atom. The quantitative estimate of drug-likeness (QED) is 0.484. The maximum Gasteiger partial charge on any atom is 0.271 e. The Morgan fingerprint density at radius 2 is 1.52 bits per heavy atom. The van der Waals surface area contributed by atoms with E-state index in [1.54, 1.807) is 30.3 Å². The van der Waals surface area contributed by atoms with Crippen LogP contribution in [0, 0.1) is 0 Å². The van der Waals surface area contributed by atoms with Gasteiger partial charge in [0.2, 0.25) is 0 Å². The van der Waals surface area contributed by atoms with Gasteiger partial charge in [0.15, 0.2) is 0 Å². The van der Waals surface area contributed by atoms with Gasteiger partial charge in [0.25, 0.3) is 5.91 Å². The lowest BCUT2D eigenvalue weighted by Gasteiger charge is -2.04. The van der Waals surface area contributed by atoms with Gasteiger partial charge in [-0.25, -0.2) is 5.43 Å². The highest BCUT2D eigenvalue weighted by Gasteiger charge is 2.05. The minimum absolute atomic E-state index is 0.297. The van der Waals surface area contributed by atoms with E-state index < -0.39 is 0 Å². The molecule has 1 N–H and O–H groups in total. The number of amides is 1. The van der Waals surface area contributed by atoms with Crippen LogP contribution in [0.1, 0.15) is 15.9 Å². The molecule has 3 rings (SSSR count). The number of hydrogen-bond donors (Lipinski definition) is 1. The summed E-state index contributed by atoms with van der Waals surface area (Å²) in [5.74, 6) is -0.297. The van der Waals surface area contributed by atoms with E-state index in [2.05, 4.69) is 10.5 Å². The number of nitrogens with zero attached hydrogens (tertiary/aromatic N) is 1. The minimum atomic E-state index is -0.297. The van der Waals surface area contributed by atoms with Crippen molar-refractivity contribution >= 4 is 35.3 Å². The van der Waals surface area contributed by atoms with Crippen molar-refractivity contribution in [2.45, 2.75) is 0 Å². The Hall–Kier alpha value is -2.62. The first kappa shape index (κ1) is 17.2. The van der Waals surface area contributed by atoms with Crippen LogP contribution >= 0.6 is 23.2 Å². The molecule has 0 radical (unpaired) electrons. The van der Waals surface area contributed by atoms with Crippen LogP contribution in [0.15, 0.2) is 77.9 Å². The van der Waals surface area contributed by atoms with Crippen LogP contribution in [0.4, 0.5) is 0 Å². The highest BCUT2D eigenvalue weighted by Crippen LogP contribution is 2.24. The number of hydrogen-bond acceptors (Lipinski definition) is 2. The highest BCUT2D eigenvalue weighted by atomic mass is 35.5. The van der Waals surface area contributed by atoms with Gasteiger partial charge in [-0.05, 0) is 29.3 Å². The molecule has 0 saturated heterocycles. The van der Waals surface area contributed by atoms with Crippen LogP contribution in [0.3, 0.4) is 0 Å². The molecule has 0 heterocycles. The van der Waals surface area contributed by atoms with Crippen molar-refractivity contribution in [2.24, 2.45) is 5.10 Å². The zero-order valence-corrected chi connectivity index (χ0v) is 14.6. The van der Waals surface area contributed by atoms with E-state index in [-0.39, 0.29) is 5.91 Å². The third-order valence-electron chi connectivity index (χ3n) is 3.61. The molecule has 0 spiro atoms. The Balaban J connectivity index is 1.67. The molecule has 0 bridgehead atoms. The number of hydrazone groups is 1. The molecule has 124 valence electrons. The lowest BCUT2D eigenvalue weighted by Crippen LogP contribution is -2.17. The van der Waals surface area contributed by atoms with Gasteiger partial charge >= 0.3 is 0 Å². The first-order chi connectivity index (χ1) is 12.1. The number of carbonyl (C=O) groups is 1. The van der Waals surface area contributed by atoms with E-state index in [1.807, 2.05) is 42.5 Å². The van der Waals surface area contributed by atoms with Crippen LogP contribution in [0.25, 0.3) is 11.1 Å². The van der Waals surface area contributed by atoms with Crippen molar-refractivity contribution in [3.8, 4) is 11.1 Å². The van der Waals surface area contributed by atoms with Crippen molar-refractivity contribution < 1.29 is 4.79 Å². The standard InChI is InChI=1S/C20H14Cl2N2O/c21-18-8-4-7-17(19(18)22)13-23-24-20(25)16-11-9-15(10-12-16)14-5-2-1-3-6-14/h1-13H,(H,24,25)/b23-13+. The number of rotatable bonds is 4. The summed E-state index contributed by atoms with van der Waals surface area (Å²) in [6, 6.07) is 22.5. The largest absolute Gasteiger partial charge is 0.271 e. The molecule has 1 amide bonds. The van der Waals surface area contributed by atoms with Crippen LogP contribution in [0.5, 0.6) is 0 Å². The molecular formula is C20H14Cl2N2O. The third-order valence-corrected chi connectivity index (χ3v) is 4.44. The smallest absolute Gasteiger partial charge is 0.267 e. The fourth-order valence-electron chi connectivity index (χ4n) is 2.29. The van der Waals surface area contributed by atoms with Crippen molar-refractivity contribution in [1.82, 2.24) is 5.43 Å². The van der Waals surface area contributed by atoms with Gasteiger partial charge in [-0.15, -0.1) is 0 Å². The summed E-state index contributed by atoms with van der Waals surface area (Å²) in [7, 11) is 0. The van der Waals surface area contributed by atoms with Crippen LogP contribution < -0.4 is 5.43 Å². The van der Waals surface area contributed by atoms with Gasteiger partial charge in [-0.1, -0.05) is 77.8 Å². The molecule has 0 fully saturated rings. The average molecular weight is 369 g/mol. The monoisotopic (exact) mass is 368 g/mol. The molecule has 0 saturated carbocycles. The molecule has 0 atom stereocenters. The third kappa shape index (κ3) is 4.27. The van der Waals surface area contributed by atoms with Crippen molar-refractivity contribution in [3.63, 3.8) is 0 Å². The summed E-state index contributed by atoms with van der Waals surface area (Å²) < 4.78 is 0. The molecule has 3 nitrogen and oxygen atoms in total. The molecule has 0 aliphatic heterocycles. The van der Waals surface area contributed by atoms with Crippen molar-refractivity contribution in [3.05, 3.63) is 94.0 Å². The van der Waals surface area contributed by atoms with Gasteiger partial charge in [0, 0.05) is 11.1 Å². The zero-order valence-electron chi connectivity index (χ0n) is 13.1. The van der Waals surface area contributed by atoms with E-state index in [0.717, 1.165) is 11.1 Å². The summed E-state index contributed by atoms with van der Waals surface area (Å²) in [6.45, 7) is 0. The van der Waals surface area contributed by atoms with E-state index in [0.29, 0.717) is 21.2 Å². The number of carbonyl (C=O) groups excluding carboxylic acids is 1. The Kier molecular flexibility index (Phi) is 5.49. The predicted octanol–water partition coefficient (Wildman–Crippen LogP) is 5.42. The van der Waals surface area contributed by atoms with E-state index in [4.69, 9.17) is 23.2 Å². The molecule has 0 aliphatic rings. The Morgan fingerprint density at radius 1 is 0.840 bits per heavy atom. The van der Waals surface area contributed by atoms with Crippen molar-refractivity contribution in [1.29, 1.82) is 0 Å². The van der Waals surface area contributed by atoms with Crippen LogP contribution in [-0.2, 0) is 0 Å². The average Bonchev–Trinajstić information content (AvgIpc) is 2.66. The first-order valence-corrected chi connectivity index (χ1v) is 8.33. The predicted molar refractivity (Wildman–Crippen MR) is 103 cm³/mol.